The maximum absolute atomic E-state index is 5.90. The lowest BCUT2D eigenvalue weighted by Gasteiger charge is -2.30. The Labute approximate surface area is 153 Å². The van der Waals surface area contributed by atoms with Crippen molar-refractivity contribution in [3.8, 4) is 0 Å². The van der Waals surface area contributed by atoms with E-state index in [9.17, 15) is 0 Å². The first-order valence-electron chi connectivity index (χ1n) is 9.54. The number of aromatic nitrogens is 5. The minimum Gasteiger partial charge on any atom is -0.422 e. The highest BCUT2D eigenvalue weighted by atomic mass is 16.4. The predicted molar refractivity (Wildman–Crippen MR) is 100 cm³/mol. The number of hydrogen-bond acceptors (Lipinski definition) is 6. The van der Waals surface area contributed by atoms with Crippen molar-refractivity contribution >= 4 is 17.2 Å². The lowest BCUT2D eigenvalue weighted by atomic mass is 9.96. The Balaban J connectivity index is 1.46. The molecule has 0 saturated carbocycles. The van der Waals surface area contributed by atoms with E-state index in [0.29, 0.717) is 17.6 Å². The minimum atomic E-state index is 0.453. The van der Waals surface area contributed by atoms with Crippen molar-refractivity contribution in [2.45, 2.75) is 58.9 Å². The number of fused-ring (bicyclic) bond motifs is 1. The van der Waals surface area contributed by atoms with Crippen LogP contribution in [0.25, 0.3) is 11.2 Å². The molecule has 0 spiro atoms. The fourth-order valence-electron chi connectivity index (χ4n) is 3.61. The third-order valence-electron chi connectivity index (χ3n) is 5.04. The molecule has 4 heterocycles. The molecule has 0 aromatic carbocycles. The second-order valence-corrected chi connectivity index (χ2v) is 7.13. The largest absolute Gasteiger partial charge is 0.422 e. The van der Waals surface area contributed by atoms with Crippen LogP contribution in [0.1, 0.15) is 55.9 Å². The molecule has 1 aliphatic heterocycles. The van der Waals surface area contributed by atoms with Gasteiger partial charge in [0, 0.05) is 31.2 Å². The molecule has 7 nitrogen and oxygen atoms in total. The zero-order valence-electron chi connectivity index (χ0n) is 15.8. The summed E-state index contributed by atoms with van der Waals surface area (Å²) in [6.45, 7) is 8.94. The highest BCUT2D eigenvalue weighted by Crippen LogP contribution is 2.30. The van der Waals surface area contributed by atoms with Gasteiger partial charge < -0.3 is 9.32 Å². The average molecular weight is 354 g/mol. The zero-order chi connectivity index (χ0) is 18.1. The first kappa shape index (κ1) is 17.0. The smallest absolute Gasteiger partial charge is 0.299 e. The van der Waals surface area contributed by atoms with Gasteiger partial charge in [-0.3, -0.25) is 0 Å². The van der Waals surface area contributed by atoms with Gasteiger partial charge in [-0.1, -0.05) is 13.3 Å². The molecule has 0 radical (unpaired) electrons. The minimum absolute atomic E-state index is 0.453. The van der Waals surface area contributed by atoms with Crippen molar-refractivity contribution < 1.29 is 4.42 Å². The molecular formula is C19H26N6O. The van der Waals surface area contributed by atoms with E-state index in [4.69, 9.17) is 9.40 Å². The van der Waals surface area contributed by atoms with Crippen molar-refractivity contribution in [2.75, 3.05) is 18.0 Å². The summed E-state index contributed by atoms with van der Waals surface area (Å²) in [6, 6.07) is 4.58. The molecule has 1 aliphatic rings. The molecule has 0 bridgehead atoms. The van der Waals surface area contributed by atoms with Gasteiger partial charge in [0.05, 0.1) is 0 Å². The van der Waals surface area contributed by atoms with E-state index >= 15 is 0 Å². The average Bonchev–Trinajstić information content (AvgIpc) is 3.23. The Hall–Kier alpha value is -2.44. The van der Waals surface area contributed by atoms with E-state index in [1.165, 1.54) is 6.42 Å². The van der Waals surface area contributed by atoms with Gasteiger partial charge >= 0.3 is 0 Å². The first-order chi connectivity index (χ1) is 12.6. The Kier molecular flexibility index (Phi) is 4.61. The van der Waals surface area contributed by atoms with Crippen molar-refractivity contribution in [3.63, 3.8) is 0 Å². The fraction of sp³-hybridized carbons (Fsp3) is 0.579. The van der Waals surface area contributed by atoms with E-state index in [1.54, 1.807) is 0 Å². The number of anilines is 1. The van der Waals surface area contributed by atoms with Crippen molar-refractivity contribution in [2.24, 2.45) is 0 Å². The van der Waals surface area contributed by atoms with E-state index in [0.717, 1.165) is 61.8 Å². The normalized spacial score (nSPS) is 15.9. The summed E-state index contributed by atoms with van der Waals surface area (Å²) in [5, 5.41) is 4.59. The van der Waals surface area contributed by atoms with Gasteiger partial charge in [-0.15, -0.1) is 0 Å². The third-order valence-corrected chi connectivity index (χ3v) is 5.04. The van der Waals surface area contributed by atoms with E-state index in [1.807, 2.05) is 26.0 Å². The Bertz CT molecular complexity index is 891. The lowest BCUT2D eigenvalue weighted by molar-refractivity contribution is 0.428. The molecule has 0 unspecified atom stereocenters. The van der Waals surface area contributed by atoms with Gasteiger partial charge in [0.15, 0.2) is 5.58 Å². The van der Waals surface area contributed by atoms with Crippen molar-refractivity contribution in [1.82, 2.24) is 24.7 Å². The predicted octanol–water partition coefficient (Wildman–Crippen LogP) is 3.62. The van der Waals surface area contributed by atoms with Crippen LogP contribution in [0, 0.1) is 13.8 Å². The molecule has 138 valence electrons. The van der Waals surface area contributed by atoms with Crippen LogP contribution in [0.2, 0.25) is 0 Å². The van der Waals surface area contributed by atoms with Crippen LogP contribution in [0.4, 0.5) is 6.01 Å². The Morgan fingerprint density at radius 1 is 1.12 bits per heavy atom. The fourth-order valence-corrected chi connectivity index (χ4v) is 3.61. The van der Waals surface area contributed by atoms with E-state index < -0.39 is 0 Å². The number of aryl methyl sites for hydroxylation is 3. The zero-order valence-corrected chi connectivity index (χ0v) is 15.8. The topological polar surface area (TPSA) is 72.9 Å². The van der Waals surface area contributed by atoms with Crippen LogP contribution in [0.3, 0.4) is 0 Å². The van der Waals surface area contributed by atoms with Gasteiger partial charge in [0.2, 0.25) is 5.65 Å². The standard InChI is InChI=1S/C19H26N6O/c1-4-5-10-25-18(21-14(3)23-25)15-8-11-24(12-9-15)19-22-17-16(26-19)7-6-13(2)20-17/h6-7,15H,4-5,8-12H2,1-3H3. The molecular weight excluding hydrogens is 328 g/mol. The maximum Gasteiger partial charge on any atom is 0.299 e. The summed E-state index contributed by atoms with van der Waals surface area (Å²) < 4.78 is 8.02. The molecule has 0 atom stereocenters. The third kappa shape index (κ3) is 3.30. The molecule has 4 rings (SSSR count). The number of rotatable bonds is 5. The van der Waals surface area contributed by atoms with E-state index in [2.05, 4.69) is 31.6 Å². The van der Waals surface area contributed by atoms with Crippen LogP contribution in [-0.4, -0.2) is 37.8 Å². The Morgan fingerprint density at radius 2 is 1.92 bits per heavy atom. The second kappa shape index (κ2) is 7.05. The van der Waals surface area contributed by atoms with Gasteiger partial charge in [-0.2, -0.15) is 10.1 Å². The molecule has 1 fully saturated rings. The van der Waals surface area contributed by atoms with Crippen LogP contribution < -0.4 is 4.90 Å². The van der Waals surface area contributed by atoms with Gasteiger partial charge in [0.1, 0.15) is 11.6 Å². The van der Waals surface area contributed by atoms with Crippen LogP contribution >= 0.6 is 0 Å². The number of nitrogens with zero attached hydrogens (tertiary/aromatic N) is 6. The molecule has 0 aliphatic carbocycles. The van der Waals surface area contributed by atoms with Crippen molar-refractivity contribution in [1.29, 1.82) is 0 Å². The number of piperidine rings is 1. The van der Waals surface area contributed by atoms with Crippen LogP contribution in [0.5, 0.6) is 0 Å². The Morgan fingerprint density at radius 3 is 2.69 bits per heavy atom. The molecule has 0 amide bonds. The first-order valence-corrected chi connectivity index (χ1v) is 9.54. The summed E-state index contributed by atoms with van der Waals surface area (Å²) in [5.41, 5.74) is 2.40. The van der Waals surface area contributed by atoms with Crippen LogP contribution in [0.15, 0.2) is 16.5 Å². The quantitative estimate of drug-likeness (QED) is 0.697. The molecule has 3 aromatic heterocycles. The number of pyridine rings is 1. The second-order valence-electron chi connectivity index (χ2n) is 7.13. The monoisotopic (exact) mass is 354 g/mol. The number of hydrogen-bond donors (Lipinski definition) is 0. The number of unbranched alkanes of at least 4 members (excludes halogenated alkanes) is 1. The van der Waals surface area contributed by atoms with Crippen LogP contribution in [-0.2, 0) is 6.54 Å². The molecule has 7 heteroatoms. The van der Waals surface area contributed by atoms with Crippen molar-refractivity contribution in [3.05, 3.63) is 29.5 Å². The van der Waals surface area contributed by atoms with Gasteiger partial charge in [-0.05, 0) is 45.2 Å². The summed E-state index contributed by atoms with van der Waals surface area (Å²) in [4.78, 5) is 15.9. The highest BCUT2D eigenvalue weighted by Gasteiger charge is 2.27. The highest BCUT2D eigenvalue weighted by molar-refractivity contribution is 5.70. The number of oxazole rings is 1. The molecule has 1 saturated heterocycles. The summed E-state index contributed by atoms with van der Waals surface area (Å²) in [6.07, 6.45) is 4.39. The molecule has 26 heavy (non-hydrogen) atoms. The van der Waals surface area contributed by atoms with Gasteiger partial charge in [-0.25, -0.2) is 14.6 Å². The summed E-state index contributed by atoms with van der Waals surface area (Å²) in [7, 11) is 0. The van der Waals surface area contributed by atoms with Gasteiger partial charge in [0.25, 0.3) is 6.01 Å². The van der Waals surface area contributed by atoms with E-state index in [-0.39, 0.29) is 0 Å². The summed E-state index contributed by atoms with van der Waals surface area (Å²) in [5.74, 6) is 2.47. The SMILES string of the molecule is CCCCn1nc(C)nc1C1CCN(c2nc3nc(C)ccc3o2)CC1. The maximum atomic E-state index is 5.90. The molecule has 3 aromatic rings. The lowest BCUT2D eigenvalue weighted by Crippen LogP contribution is -2.34. The molecule has 0 N–H and O–H groups in total. The summed E-state index contributed by atoms with van der Waals surface area (Å²) >= 11 is 0.